The molecule has 1 aliphatic carbocycles. The summed E-state index contributed by atoms with van der Waals surface area (Å²) in [4.78, 5) is 0.984. The fraction of sp³-hybridized carbons (Fsp3) is 0.167. The van der Waals surface area contributed by atoms with Crippen LogP contribution in [-0.4, -0.2) is 12.7 Å². The minimum atomic E-state index is 0.867. The van der Waals surface area contributed by atoms with E-state index in [0.717, 1.165) is 16.8 Å². The number of thiocarbonyl (C=S) groups is 1. The summed E-state index contributed by atoms with van der Waals surface area (Å²) < 4.78 is 0. The van der Waals surface area contributed by atoms with Crippen molar-refractivity contribution >= 4 is 24.9 Å². The van der Waals surface area contributed by atoms with Gasteiger partial charge in [-0.2, -0.15) is 0 Å². The van der Waals surface area contributed by atoms with Gasteiger partial charge in [0, 0.05) is 4.86 Å². The van der Waals surface area contributed by atoms with E-state index < -0.39 is 0 Å². The highest BCUT2D eigenvalue weighted by Crippen LogP contribution is 2.05. The third-order valence-electron chi connectivity index (χ3n) is 1.02. The van der Waals surface area contributed by atoms with Crippen LogP contribution in [0.25, 0.3) is 0 Å². The second-order valence-corrected chi connectivity index (χ2v) is 2.35. The van der Waals surface area contributed by atoms with E-state index in [1.54, 1.807) is 0 Å². The molecule has 2 heteroatoms. The molecule has 1 radical (unpaired) electrons. The van der Waals surface area contributed by atoms with Crippen molar-refractivity contribution in [2.75, 3.05) is 0 Å². The summed E-state index contributed by atoms with van der Waals surface area (Å²) in [7, 11) is 3.77. The number of hydrogen-bond acceptors (Lipinski definition) is 1. The first kappa shape index (κ1) is 5.77. The molecule has 39 valence electrons. The van der Waals surface area contributed by atoms with Crippen LogP contribution in [0, 0.1) is 0 Å². The highest BCUT2D eigenvalue weighted by atomic mass is 32.1. The molecule has 0 bridgehead atoms. The van der Waals surface area contributed by atoms with Crippen molar-refractivity contribution in [1.82, 2.24) is 0 Å². The van der Waals surface area contributed by atoms with Crippen molar-refractivity contribution in [3.8, 4) is 0 Å². The minimum absolute atomic E-state index is 0.867. The average Bonchev–Trinajstić information content (AvgIpc) is 1.64. The van der Waals surface area contributed by atoms with Crippen LogP contribution in [0.2, 0.25) is 0 Å². The molecule has 0 spiro atoms. The summed E-state index contributed by atoms with van der Waals surface area (Å²) >= 11 is 4.92. The highest BCUT2D eigenvalue weighted by Gasteiger charge is 1.95. The fourth-order valence-corrected chi connectivity index (χ4v) is 0.897. The van der Waals surface area contributed by atoms with Crippen LogP contribution >= 0.6 is 12.2 Å². The molecule has 0 saturated carbocycles. The minimum Gasteiger partial charge on any atom is -0.109 e. The lowest BCUT2D eigenvalue weighted by Crippen LogP contribution is -1.95. The Bertz CT molecular complexity index is 167. The van der Waals surface area contributed by atoms with E-state index >= 15 is 0 Å². The monoisotopic (exact) mass is 121 g/mol. The molecule has 8 heavy (non-hydrogen) atoms. The van der Waals surface area contributed by atoms with Gasteiger partial charge in [0.05, 0.1) is 0 Å². The van der Waals surface area contributed by atoms with Crippen molar-refractivity contribution in [2.45, 2.75) is 6.42 Å². The molecular weight excluding hydrogens is 115 g/mol. The number of allylic oxidation sites excluding steroid dienone is 4. The van der Waals surface area contributed by atoms with Crippen molar-refractivity contribution in [3.05, 3.63) is 23.7 Å². The Hall–Kier alpha value is -0.365. The molecule has 0 aliphatic heterocycles. The molecule has 0 aromatic carbocycles. The summed E-state index contributed by atoms with van der Waals surface area (Å²) in [6, 6.07) is 0. The van der Waals surface area contributed by atoms with E-state index in [9.17, 15) is 0 Å². The van der Waals surface area contributed by atoms with Gasteiger partial charge in [-0.3, -0.25) is 0 Å². The lowest BCUT2D eigenvalue weighted by Gasteiger charge is -2.01. The molecule has 0 fully saturated rings. The Labute approximate surface area is 55.7 Å². The normalized spacial score (nSPS) is 18.5. The first-order chi connectivity index (χ1) is 3.79. The smallest absolute Gasteiger partial charge is 0.109 e. The molecule has 0 N–H and O–H groups in total. The zero-order valence-electron chi connectivity index (χ0n) is 4.55. The van der Waals surface area contributed by atoms with Gasteiger partial charge in [-0.25, -0.2) is 0 Å². The fourth-order valence-electron chi connectivity index (χ4n) is 0.633. The van der Waals surface area contributed by atoms with Crippen LogP contribution in [0.1, 0.15) is 6.42 Å². The lowest BCUT2D eigenvalue weighted by atomic mass is 9.88. The number of rotatable bonds is 0. The lowest BCUT2D eigenvalue weighted by molar-refractivity contribution is 1.45. The summed E-state index contributed by atoms with van der Waals surface area (Å²) in [5, 5.41) is 0. The van der Waals surface area contributed by atoms with E-state index in [2.05, 4.69) is 7.85 Å². The van der Waals surface area contributed by atoms with Crippen LogP contribution in [0.15, 0.2) is 23.7 Å². The maximum Gasteiger partial charge on any atom is 0.124 e. The van der Waals surface area contributed by atoms with Crippen LogP contribution < -0.4 is 0 Å². The maximum absolute atomic E-state index is 4.92. The van der Waals surface area contributed by atoms with Crippen molar-refractivity contribution in [3.63, 3.8) is 0 Å². The maximum atomic E-state index is 4.92. The number of hydrogen-bond donors (Lipinski definition) is 0. The van der Waals surface area contributed by atoms with Gasteiger partial charge in [0.1, 0.15) is 7.85 Å². The molecule has 0 unspecified atom stereocenters. The molecule has 0 aromatic rings. The van der Waals surface area contributed by atoms with Crippen molar-refractivity contribution in [1.29, 1.82) is 0 Å². The van der Waals surface area contributed by atoms with Gasteiger partial charge in [-0.1, -0.05) is 24.4 Å². The zero-order chi connectivity index (χ0) is 5.98. The van der Waals surface area contributed by atoms with E-state index in [1.165, 1.54) is 0 Å². The van der Waals surface area contributed by atoms with E-state index in [4.69, 9.17) is 12.2 Å². The molecule has 0 aromatic heterocycles. The SMILES string of the molecule is [BH]C1=CC=CC(=S)C1. The average molecular weight is 121 g/mol. The molecule has 0 nitrogen and oxygen atoms in total. The predicted octanol–water partition coefficient (Wildman–Crippen LogP) is 1.10. The molecule has 0 saturated heterocycles. The standard InChI is InChI=1S/C6H6BS/c7-5-2-1-3-6(8)4-5/h1-3,7H,4H2. The Morgan fingerprint density at radius 3 is 2.75 bits per heavy atom. The second kappa shape index (κ2) is 2.27. The summed E-state index contributed by atoms with van der Waals surface area (Å²) in [5.74, 6) is 0. The topological polar surface area (TPSA) is 0 Å². The van der Waals surface area contributed by atoms with Gasteiger partial charge in [0.2, 0.25) is 0 Å². The molecule has 0 atom stereocenters. The third kappa shape index (κ3) is 1.30. The van der Waals surface area contributed by atoms with E-state index in [0.29, 0.717) is 0 Å². The van der Waals surface area contributed by atoms with Crippen LogP contribution in [-0.2, 0) is 0 Å². The van der Waals surface area contributed by atoms with Gasteiger partial charge in [0.15, 0.2) is 0 Å². The highest BCUT2D eigenvalue weighted by molar-refractivity contribution is 7.80. The quantitative estimate of drug-likeness (QED) is 0.341. The predicted molar refractivity (Wildman–Crippen MR) is 41.6 cm³/mol. The van der Waals surface area contributed by atoms with E-state index in [1.807, 2.05) is 18.2 Å². The Balaban J connectivity index is 2.73. The van der Waals surface area contributed by atoms with Gasteiger partial charge < -0.3 is 0 Å². The van der Waals surface area contributed by atoms with Gasteiger partial charge >= 0.3 is 0 Å². The summed E-state index contributed by atoms with van der Waals surface area (Å²) in [6.07, 6.45) is 6.72. The van der Waals surface area contributed by atoms with Gasteiger partial charge in [0.25, 0.3) is 0 Å². The van der Waals surface area contributed by atoms with Crippen molar-refractivity contribution < 1.29 is 0 Å². The Morgan fingerprint density at radius 1 is 1.62 bits per heavy atom. The van der Waals surface area contributed by atoms with E-state index in [-0.39, 0.29) is 0 Å². The molecule has 1 rings (SSSR count). The molecule has 0 amide bonds. The Morgan fingerprint density at radius 2 is 2.38 bits per heavy atom. The summed E-state index contributed by atoms with van der Waals surface area (Å²) in [6.45, 7) is 0. The van der Waals surface area contributed by atoms with Gasteiger partial charge in [-0.15, -0.1) is 5.47 Å². The zero-order valence-corrected chi connectivity index (χ0v) is 5.37. The molecule has 0 heterocycles. The largest absolute Gasteiger partial charge is 0.124 e. The van der Waals surface area contributed by atoms with Crippen molar-refractivity contribution in [2.24, 2.45) is 0 Å². The molecular formula is C6H6BS. The first-order valence-corrected chi connectivity index (χ1v) is 2.92. The Kier molecular flexibility index (Phi) is 1.64. The first-order valence-electron chi connectivity index (χ1n) is 2.51. The summed E-state index contributed by atoms with van der Waals surface area (Å²) in [5.41, 5.74) is 1.11. The van der Waals surface area contributed by atoms with Gasteiger partial charge in [-0.05, 0) is 12.5 Å². The molecule has 1 aliphatic rings. The van der Waals surface area contributed by atoms with Crippen LogP contribution in [0.5, 0.6) is 0 Å². The third-order valence-corrected chi connectivity index (χ3v) is 1.30. The van der Waals surface area contributed by atoms with Crippen LogP contribution in [0.3, 0.4) is 0 Å². The second-order valence-electron chi connectivity index (χ2n) is 1.83. The van der Waals surface area contributed by atoms with Crippen LogP contribution in [0.4, 0.5) is 0 Å².